The van der Waals surface area contributed by atoms with Crippen LogP contribution in [0, 0.1) is 5.92 Å². The minimum absolute atomic E-state index is 0.0446. The third kappa shape index (κ3) is 4.37. The Balaban J connectivity index is 2.42. The van der Waals surface area contributed by atoms with Crippen molar-refractivity contribution in [2.45, 2.75) is 20.4 Å². The Kier molecular flexibility index (Phi) is 4.88. The fraction of sp³-hybridized carbons (Fsp3) is 0.455. The topological polar surface area (TPSA) is 71.5 Å². The number of hydroxylamine groups is 1. The zero-order valence-corrected chi connectivity index (χ0v) is 9.43. The second-order valence-corrected chi connectivity index (χ2v) is 3.85. The summed E-state index contributed by atoms with van der Waals surface area (Å²) in [5, 5.41) is 8.74. The number of hydrogen-bond acceptors (Lipinski definition) is 4. The zero-order chi connectivity index (χ0) is 12.0. The Hall–Kier alpha value is -1.46. The van der Waals surface area contributed by atoms with E-state index in [4.69, 9.17) is 9.94 Å². The third-order valence-corrected chi connectivity index (χ3v) is 1.80. The van der Waals surface area contributed by atoms with Crippen molar-refractivity contribution in [2.75, 3.05) is 6.61 Å². The molecule has 1 aromatic rings. The Morgan fingerprint density at radius 1 is 1.56 bits per heavy atom. The first kappa shape index (κ1) is 12.6. The van der Waals surface area contributed by atoms with Gasteiger partial charge in [-0.1, -0.05) is 19.9 Å². The first-order valence-corrected chi connectivity index (χ1v) is 5.13. The molecule has 0 fully saturated rings. The molecule has 88 valence electrons. The van der Waals surface area contributed by atoms with Crippen molar-refractivity contribution in [3.63, 3.8) is 0 Å². The highest BCUT2D eigenvalue weighted by Gasteiger charge is 2.04. The van der Waals surface area contributed by atoms with Crippen LogP contribution in [0.5, 0.6) is 0 Å². The molecule has 5 nitrogen and oxygen atoms in total. The smallest absolute Gasteiger partial charge is 0.354 e. The van der Waals surface area contributed by atoms with Crippen LogP contribution in [0.3, 0.4) is 0 Å². The first-order valence-electron chi connectivity index (χ1n) is 5.13. The van der Waals surface area contributed by atoms with Crippen LogP contribution >= 0.6 is 0 Å². The number of carboxylic acid groups (broad SMARTS) is 1. The normalized spacial score (nSPS) is 10.7. The number of pyridine rings is 1. The van der Waals surface area contributed by atoms with Crippen molar-refractivity contribution in [1.29, 1.82) is 0 Å². The highest BCUT2D eigenvalue weighted by atomic mass is 16.6. The number of carbonyl (C=O) groups is 1. The number of rotatable bonds is 6. The molecule has 0 bridgehead atoms. The van der Waals surface area contributed by atoms with Gasteiger partial charge in [-0.3, -0.25) is 0 Å². The van der Waals surface area contributed by atoms with Crippen LogP contribution in [0.15, 0.2) is 18.2 Å². The summed E-state index contributed by atoms with van der Waals surface area (Å²) in [5.41, 5.74) is 3.43. The number of hydrogen-bond donors (Lipinski definition) is 2. The Morgan fingerprint density at radius 2 is 2.31 bits per heavy atom. The summed E-state index contributed by atoms with van der Waals surface area (Å²) < 4.78 is 0. The molecule has 1 heterocycles. The van der Waals surface area contributed by atoms with Crippen molar-refractivity contribution < 1.29 is 14.7 Å². The predicted octanol–water partition coefficient (Wildman–Crippen LogP) is 1.46. The molecule has 0 aromatic carbocycles. The summed E-state index contributed by atoms with van der Waals surface area (Å²) in [6.07, 6.45) is 0. The van der Waals surface area contributed by atoms with Crippen molar-refractivity contribution in [1.82, 2.24) is 10.5 Å². The molecule has 1 rings (SSSR count). The molecule has 0 radical (unpaired) electrons. The summed E-state index contributed by atoms with van der Waals surface area (Å²) in [5.74, 6) is -0.573. The number of aromatic nitrogens is 1. The molecule has 0 aliphatic rings. The molecule has 0 unspecified atom stereocenters. The monoisotopic (exact) mass is 224 g/mol. The number of nitrogens with zero attached hydrogens (tertiary/aromatic N) is 1. The number of carboxylic acids is 1. The zero-order valence-electron chi connectivity index (χ0n) is 9.43. The van der Waals surface area contributed by atoms with Gasteiger partial charge in [-0.15, -0.1) is 0 Å². The summed E-state index contributed by atoms with van der Waals surface area (Å²) in [6, 6.07) is 4.87. The van der Waals surface area contributed by atoms with E-state index in [1.165, 1.54) is 6.07 Å². The molecule has 0 spiro atoms. The van der Waals surface area contributed by atoms with Crippen molar-refractivity contribution >= 4 is 5.97 Å². The van der Waals surface area contributed by atoms with Crippen LogP contribution < -0.4 is 5.48 Å². The van der Waals surface area contributed by atoms with Gasteiger partial charge in [0.25, 0.3) is 0 Å². The fourth-order valence-corrected chi connectivity index (χ4v) is 1.05. The van der Waals surface area contributed by atoms with Gasteiger partial charge in [0.2, 0.25) is 0 Å². The third-order valence-electron chi connectivity index (χ3n) is 1.80. The Morgan fingerprint density at radius 3 is 2.94 bits per heavy atom. The standard InChI is InChI=1S/C11H16N2O3/c1-8(2)7-16-12-6-9-4-3-5-10(13-9)11(14)15/h3-5,8,12H,6-7H2,1-2H3,(H,14,15). The second-order valence-electron chi connectivity index (χ2n) is 3.85. The van der Waals surface area contributed by atoms with Gasteiger partial charge in [-0.25, -0.2) is 9.78 Å². The van der Waals surface area contributed by atoms with Crippen LogP contribution in [-0.2, 0) is 11.4 Å². The van der Waals surface area contributed by atoms with Gasteiger partial charge in [-0.05, 0) is 18.1 Å². The lowest BCUT2D eigenvalue weighted by Crippen LogP contribution is -2.18. The lowest BCUT2D eigenvalue weighted by atomic mass is 10.2. The minimum Gasteiger partial charge on any atom is -0.477 e. The lowest BCUT2D eigenvalue weighted by molar-refractivity contribution is 0.0190. The van der Waals surface area contributed by atoms with Gasteiger partial charge in [0, 0.05) is 0 Å². The van der Waals surface area contributed by atoms with E-state index in [1.807, 2.05) is 13.8 Å². The molecular weight excluding hydrogens is 208 g/mol. The van der Waals surface area contributed by atoms with Crippen molar-refractivity contribution in [2.24, 2.45) is 5.92 Å². The quantitative estimate of drug-likeness (QED) is 0.565. The maximum atomic E-state index is 10.7. The van der Waals surface area contributed by atoms with E-state index in [2.05, 4.69) is 10.5 Å². The summed E-state index contributed by atoms with van der Waals surface area (Å²) in [7, 11) is 0. The Bertz CT molecular complexity index is 353. The van der Waals surface area contributed by atoms with Gasteiger partial charge in [0.15, 0.2) is 0 Å². The SMILES string of the molecule is CC(C)CONCc1cccc(C(=O)O)n1. The highest BCUT2D eigenvalue weighted by molar-refractivity contribution is 5.85. The van der Waals surface area contributed by atoms with E-state index in [1.54, 1.807) is 12.1 Å². The predicted molar refractivity (Wildman–Crippen MR) is 58.8 cm³/mol. The van der Waals surface area contributed by atoms with Crippen LogP contribution in [0.2, 0.25) is 0 Å². The largest absolute Gasteiger partial charge is 0.477 e. The Labute approximate surface area is 94.4 Å². The van der Waals surface area contributed by atoms with E-state index in [-0.39, 0.29) is 5.69 Å². The molecular formula is C11H16N2O3. The molecule has 0 aliphatic carbocycles. The number of nitrogens with one attached hydrogen (secondary N) is 1. The van der Waals surface area contributed by atoms with E-state index in [9.17, 15) is 4.79 Å². The van der Waals surface area contributed by atoms with Gasteiger partial charge >= 0.3 is 5.97 Å². The lowest BCUT2D eigenvalue weighted by Gasteiger charge is -2.07. The van der Waals surface area contributed by atoms with E-state index >= 15 is 0 Å². The van der Waals surface area contributed by atoms with Crippen LogP contribution in [-0.4, -0.2) is 22.7 Å². The average molecular weight is 224 g/mol. The second kappa shape index (κ2) is 6.19. The van der Waals surface area contributed by atoms with Crippen molar-refractivity contribution in [3.05, 3.63) is 29.6 Å². The molecule has 0 aliphatic heterocycles. The van der Waals surface area contributed by atoms with Gasteiger partial charge < -0.3 is 9.94 Å². The summed E-state index contributed by atoms with van der Waals surface area (Å²) >= 11 is 0. The van der Waals surface area contributed by atoms with Crippen LogP contribution in [0.1, 0.15) is 30.0 Å². The number of aromatic carboxylic acids is 1. The average Bonchev–Trinajstić information content (AvgIpc) is 2.24. The van der Waals surface area contributed by atoms with E-state index in [0.717, 1.165) is 0 Å². The van der Waals surface area contributed by atoms with E-state index in [0.29, 0.717) is 24.8 Å². The molecule has 0 saturated carbocycles. The maximum absolute atomic E-state index is 10.7. The van der Waals surface area contributed by atoms with Crippen LogP contribution in [0.4, 0.5) is 0 Å². The molecule has 0 atom stereocenters. The fourth-order valence-electron chi connectivity index (χ4n) is 1.05. The molecule has 5 heteroatoms. The highest BCUT2D eigenvalue weighted by Crippen LogP contribution is 1.99. The van der Waals surface area contributed by atoms with Gasteiger partial charge in [-0.2, -0.15) is 5.48 Å². The van der Waals surface area contributed by atoms with Gasteiger partial charge in [0.1, 0.15) is 5.69 Å². The molecule has 0 amide bonds. The maximum Gasteiger partial charge on any atom is 0.354 e. The first-order chi connectivity index (χ1) is 7.59. The van der Waals surface area contributed by atoms with Crippen molar-refractivity contribution in [3.8, 4) is 0 Å². The summed E-state index contributed by atoms with van der Waals surface area (Å²) in [4.78, 5) is 19.8. The van der Waals surface area contributed by atoms with Crippen LogP contribution in [0.25, 0.3) is 0 Å². The minimum atomic E-state index is -1.02. The molecule has 1 aromatic heterocycles. The van der Waals surface area contributed by atoms with Gasteiger partial charge in [0.05, 0.1) is 18.8 Å². The molecule has 2 N–H and O–H groups in total. The molecule has 16 heavy (non-hydrogen) atoms. The molecule has 0 saturated heterocycles. The summed E-state index contributed by atoms with van der Waals surface area (Å²) in [6.45, 7) is 5.10. The van der Waals surface area contributed by atoms with E-state index < -0.39 is 5.97 Å².